The minimum absolute atomic E-state index is 0.0799. The zero-order chi connectivity index (χ0) is 21.5. The number of aromatic nitrogens is 2. The number of halogens is 1. The van der Waals surface area contributed by atoms with Crippen LogP contribution >= 0.6 is 15.9 Å². The van der Waals surface area contributed by atoms with E-state index in [1.54, 1.807) is 6.20 Å². The minimum Gasteiger partial charge on any atom is -0.444 e. The molecule has 1 fully saturated rings. The zero-order valence-electron chi connectivity index (χ0n) is 17.6. The molecule has 1 aliphatic carbocycles. The highest BCUT2D eigenvalue weighted by Gasteiger charge is 2.45. The Bertz CT molecular complexity index is 951. The predicted octanol–water partition coefficient (Wildman–Crippen LogP) is 4.43. The van der Waals surface area contributed by atoms with Gasteiger partial charge in [-0.05, 0) is 72.5 Å². The number of rotatable bonds is 2. The zero-order valence-corrected chi connectivity index (χ0v) is 19.2. The summed E-state index contributed by atoms with van der Waals surface area (Å²) in [5.74, 6) is 1.09. The number of nitrogens with one attached hydrogen (secondary N) is 1. The summed E-state index contributed by atoms with van der Waals surface area (Å²) >= 11 is 3.36. The molecule has 1 spiro atoms. The average molecular weight is 474 g/mol. The summed E-state index contributed by atoms with van der Waals surface area (Å²) in [5, 5.41) is 2.69. The first-order valence-corrected chi connectivity index (χ1v) is 11.1. The third-order valence-electron chi connectivity index (χ3n) is 6.01. The number of nitrogens with two attached hydrogens (primary N) is 1. The molecule has 8 heteroatoms. The van der Waals surface area contributed by atoms with E-state index in [1.165, 1.54) is 11.1 Å². The van der Waals surface area contributed by atoms with Crippen LogP contribution in [-0.4, -0.2) is 34.8 Å². The van der Waals surface area contributed by atoms with Crippen molar-refractivity contribution in [1.82, 2.24) is 9.97 Å². The molecule has 0 unspecified atom stereocenters. The fourth-order valence-corrected chi connectivity index (χ4v) is 4.77. The van der Waals surface area contributed by atoms with Crippen LogP contribution in [0.1, 0.15) is 50.8 Å². The molecule has 3 N–H and O–H groups in total. The second kappa shape index (κ2) is 7.81. The van der Waals surface area contributed by atoms with E-state index in [1.807, 2.05) is 20.8 Å². The summed E-state index contributed by atoms with van der Waals surface area (Å²) in [5.41, 5.74) is 8.87. The quantitative estimate of drug-likeness (QED) is 0.669. The first kappa shape index (κ1) is 21.1. The number of benzene rings is 1. The van der Waals surface area contributed by atoms with Crippen LogP contribution in [0.3, 0.4) is 0 Å². The van der Waals surface area contributed by atoms with Gasteiger partial charge in [0, 0.05) is 19.1 Å². The molecule has 1 aromatic heterocycles. The lowest BCUT2D eigenvalue weighted by Crippen LogP contribution is -2.44. The van der Waals surface area contributed by atoms with E-state index in [0.717, 1.165) is 38.2 Å². The number of nitrogens with zero attached hydrogens (tertiary/aromatic N) is 3. The van der Waals surface area contributed by atoms with E-state index < -0.39 is 11.7 Å². The van der Waals surface area contributed by atoms with E-state index in [2.05, 4.69) is 60.4 Å². The van der Waals surface area contributed by atoms with Gasteiger partial charge in [-0.1, -0.05) is 24.3 Å². The van der Waals surface area contributed by atoms with Gasteiger partial charge in [-0.3, -0.25) is 5.32 Å². The molecule has 0 saturated carbocycles. The lowest BCUT2D eigenvalue weighted by atomic mass is 9.73. The molecule has 160 valence electrons. The Morgan fingerprint density at radius 3 is 2.67 bits per heavy atom. The van der Waals surface area contributed by atoms with Crippen molar-refractivity contribution >= 4 is 33.7 Å². The molecule has 2 aliphatic rings. The van der Waals surface area contributed by atoms with Crippen molar-refractivity contribution in [1.29, 1.82) is 0 Å². The normalized spacial score (nSPS) is 20.2. The van der Waals surface area contributed by atoms with Crippen LogP contribution in [0.5, 0.6) is 0 Å². The van der Waals surface area contributed by atoms with Gasteiger partial charge >= 0.3 is 6.09 Å². The summed E-state index contributed by atoms with van der Waals surface area (Å²) in [6.45, 7) is 7.16. The first-order chi connectivity index (χ1) is 14.2. The summed E-state index contributed by atoms with van der Waals surface area (Å²) in [7, 11) is 0. The highest BCUT2D eigenvalue weighted by molar-refractivity contribution is 9.10. The number of carbonyl (C=O) groups excluding carboxylic acids is 1. The van der Waals surface area contributed by atoms with Gasteiger partial charge in [0.25, 0.3) is 0 Å². The number of carbonyl (C=O) groups is 1. The van der Waals surface area contributed by atoms with Crippen LogP contribution in [0.15, 0.2) is 35.1 Å². The number of hydrogen-bond acceptors (Lipinski definition) is 6. The molecule has 0 radical (unpaired) electrons. The average Bonchev–Trinajstić information content (AvgIpc) is 2.95. The van der Waals surface area contributed by atoms with Crippen LogP contribution in [0.2, 0.25) is 0 Å². The fourth-order valence-electron chi connectivity index (χ4n) is 4.48. The summed E-state index contributed by atoms with van der Waals surface area (Å²) in [4.78, 5) is 23.3. The van der Waals surface area contributed by atoms with Crippen LogP contribution in [0, 0.1) is 5.41 Å². The summed E-state index contributed by atoms with van der Waals surface area (Å²) < 4.78 is 5.79. The standard InChI is InChI=1S/C22H28BrN5O2/c1-21(2,3)30-20(29)27-19-18(23)25-13-16(26-19)28-10-8-22(9-11-28)12-14-6-4-5-7-15(14)17(22)24/h4-7,13,17H,8-12,24H2,1-3H3,(H,26,27,29)/t17-/m1/s1. The highest BCUT2D eigenvalue weighted by Crippen LogP contribution is 2.50. The molecule has 1 amide bonds. The molecule has 4 rings (SSSR count). The van der Waals surface area contributed by atoms with Gasteiger partial charge in [-0.25, -0.2) is 14.8 Å². The summed E-state index contributed by atoms with van der Waals surface area (Å²) in [6.07, 6.45) is 4.20. The Kier molecular flexibility index (Phi) is 5.48. The van der Waals surface area contributed by atoms with Crippen molar-refractivity contribution in [3.63, 3.8) is 0 Å². The Balaban J connectivity index is 1.45. The summed E-state index contributed by atoms with van der Waals surface area (Å²) in [6, 6.07) is 8.61. The van der Waals surface area contributed by atoms with E-state index in [9.17, 15) is 4.79 Å². The molecular weight excluding hydrogens is 446 g/mol. The van der Waals surface area contributed by atoms with Crippen molar-refractivity contribution in [2.75, 3.05) is 23.3 Å². The highest BCUT2D eigenvalue weighted by atomic mass is 79.9. The second-order valence-corrected chi connectivity index (χ2v) is 9.95. The molecule has 0 bridgehead atoms. The molecule has 1 aliphatic heterocycles. The monoisotopic (exact) mass is 473 g/mol. The Morgan fingerprint density at radius 2 is 2.00 bits per heavy atom. The number of ether oxygens (including phenoxy) is 1. The van der Waals surface area contributed by atoms with Gasteiger partial charge in [-0.15, -0.1) is 0 Å². The van der Waals surface area contributed by atoms with Crippen LogP contribution in [0.4, 0.5) is 16.4 Å². The van der Waals surface area contributed by atoms with Crippen molar-refractivity contribution in [3.05, 3.63) is 46.2 Å². The van der Waals surface area contributed by atoms with Gasteiger partial charge in [0.2, 0.25) is 0 Å². The second-order valence-electron chi connectivity index (χ2n) is 9.20. The maximum absolute atomic E-state index is 12.1. The lowest BCUT2D eigenvalue weighted by Gasteiger charge is -2.42. The largest absolute Gasteiger partial charge is 0.444 e. The number of hydrogen-bond donors (Lipinski definition) is 2. The molecule has 2 aromatic rings. The maximum Gasteiger partial charge on any atom is 0.413 e. The Morgan fingerprint density at radius 1 is 1.30 bits per heavy atom. The molecular formula is C22H28BrN5O2. The van der Waals surface area contributed by atoms with Crippen molar-refractivity contribution in [2.45, 2.75) is 51.7 Å². The van der Waals surface area contributed by atoms with Gasteiger partial charge in [0.05, 0.1) is 6.20 Å². The van der Waals surface area contributed by atoms with Gasteiger partial charge < -0.3 is 15.4 Å². The number of anilines is 2. The van der Waals surface area contributed by atoms with Crippen LogP contribution in [-0.2, 0) is 11.2 Å². The van der Waals surface area contributed by atoms with Gasteiger partial charge in [-0.2, -0.15) is 0 Å². The molecule has 1 aromatic carbocycles. The van der Waals surface area contributed by atoms with Crippen LogP contribution < -0.4 is 16.0 Å². The maximum atomic E-state index is 12.1. The predicted molar refractivity (Wildman–Crippen MR) is 121 cm³/mol. The van der Waals surface area contributed by atoms with Crippen molar-refractivity contribution in [2.24, 2.45) is 11.1 Å². The third-order valence-corrected chi connectivity index (χ3v) is 6.59. The smallest absolute Gasteiger partial charge is 0.413 e. The van der Waals surface area contributed by atoms with E-state index >= 15 is 0 Å². The lowest BCUT2D eigenvalue weighted by molar-refractivity contribution is 0.0635. The number of piperidine rings is 1. The third kappa shape index (κ3) is 4.16. The van der Waals surface area contributed by atoms with Crippen LogP contribution in [0.25, 0.3) is 0 Å². The number of amides is 1. The molecule has 1 saturated heterocycles. The molecule has 7 nitrogen and oxygen atoms in total. The van der Waals surface area contributed by atoms with Gasteiger partial charge in [0.1, 0.15) is 16.0 Å². The van der Waals surface area contributed by atoms with Gasteiger partial charge in [0.15, 0.2) is 5.82 Å². The SMILES string of the molecule is CC(C)(C)OC(=O)Nc1nc(N2CCC3(CC2)Cc2ccccc2[C@H]3N)cnc1Br. The number of fused-ring (bicyclic) bond motifs is 1. The van der Waals surface area contributed by atoms with Crippen molar-refractivity contribution in [3.8, 4) is 0 Å². The molecule has 30 heavy (non-hydrogen) atoms. The fraction of sp³-hybridized carbons (Fsp3) is 0.500. The topological polar surface area (TPSA) is 93.4 Å². The van der Waals surface area contributed by atoms with Crippen molar-refractivity contribution < 1.29 is 9.53 Å². The molecule has 1 atom stereocenters. The minimum atomic E-state index is -0.583. The Hall–Kier alpha value is -2.19. The van der Waals surface area contributed by atoms with E-state index in [0.29, 0.717) is 10.4 Å². The van der Waals surface area contributed by atoms with E-state index in [4.69, 9.17) is 10.5 Å². The van der Waals surface area contributed by atoms with E-state index in [-0.39, 0.29) is 11.5 Å². The first-order valence-electron chi connectivity index (χ1n) is 10.3. The Labute approximate surface area is 185 Å². The molecule has 2 heterocycles.